The molecule has 6 heteroatoms. The number of halogens is 2. The molecule has 0 spiro atoms. The summed E-state index contributed by atoms with van der Waals surface area (Å²) in [7, 11) is 0. The molecule has 0 saturated heterocycles. The monoisotopic (exact) mass is 319 g/mol. The van der Waals surface area contributed by atoms with E-state index >= 15 is 0 Å². The minimum atomic E-state index is -1.16. The van der Waals surface area contributed by atoms with Crippen LogP contribution in [0.15, 0.2) is 48.5 Å². The van der Waals surface area contributed by atoms with Gasteiger partial charge in [-0.3, -0.25) is 4.79 Å². The minimum absolute atomic E-state index is 0.189. The zero-order valence-corrected chi connectivity index (χ0v) is 12.4. The molecule has 2 rings (SSSR count). The number of amides is 1. The number of rotatable bonds is 5. The van der Waals surface area contributed by atoms with Crippen molar-refractivity contribution in [2.45, 2.75) is 19.6 Å². The van der Waals surface area contributed by atoms with Crippen LogP contribution in [-0.2, 0) is 11.3 Å². The Morgan fingerprint density at radius 1 is 1.09 bits per heavy atom. The number of ether oxygens (including phenoxy) is 1. The van der Waals surface area contributed by atoms with Gasteiger partial charge >= 0.3 is 6.09 Å². The third kappa shape index (κ3) is 4.88. The van der Waals surface area contributed by atoms with Gasteiger partial charge in [-0.05, 0) is 24.6 Å². The van der Waals surface area contributed by atoms with Gasteiger partial charge in [0, 0.05) is 18.2 Å². The molecule has 0 aliphatic carbocycles. The SMILES string of the molecule is C[C@H](OC(=O)NCc1ccccc1)C(=O)c1cc(F)cc(F)c1. The largest absolute Gasteiger partial charge is 0.438 e. The Morgan fingerprint density at radius 2 is 1.70 bits per heavy atom. The van der Waals surface area contributed by atoms with Crippen LogP contribution in [0.1, 0.15) is 22.8 Å². The van der Waals surface area contributed by atoms with Crippen molar-refractivity contribution in [3.8, 4) is 0 Å². The van der Waals surface area contributed by atoms with E-state index in [2.05, 4.69) is 5.32 Å². The molecule has 23 heavy (non-hydrogen) atoms. The van der Waals surface area contributed by atoms with Crippen molar-refractivity contribution in [1.82, 2.24) is 5.32 Å². The molecule has 0 bridgehead atoms. The maximum Gasteiger partial charge on any atom is 0.408 e. The van der Waals surface area contributed by atoms with E-state index in [0.717, 1.165) is 17.7 Å². The van der Waals surface area contributed by atoms with Gasteiger partial charge < -0.3 is 10.1 Å². The Balaban J connectivity index is 1.91. The zero-order chi connectivity index (χ0) is 16.8. The molecule has 0 aliphatic rings. The van der Waals surface area contributed by atoms with Crippen LogP contribution in [0.5, 0.6) is 0 Å². The topological polar surface area (TPSA) is 55.4 Å². The van der Waals surface area contributed by atoms with Crippen molar-refractivity contribution < 1.29 is 23.1 Å². The summed E-state index contributed by atoms with van der Waals surface area (Å²) < 4.78 is 31.1. The summed E-state index contributed by atoms with van der Waals surface area (Å²) >= 11 is 0. The minimum Gasteiger partial charge on any atom is -0.438 e. The number of carbonyl (C=O) groups is 2. The van der Waals surface area contributed by atoms with Gasteiger partial charge in [-0.15, -0.1) is 0 Å². The van der Waals surface area contributed by atoms with E-state index in [-0.39, 0.29) is 12.1 Å². The smallest absolute Gasteiger partial charge is 0.408 e. The number of alkyl carbamates (subject to hydrolysis) is 1. The zero-order valence-electron chi connectivity index (χ0n) is 12.4. The first-order valence-electron chi connectivity index (χ1n) is 6.94. The fourth-order valence-corrected chi connectivity index (χ4v) is 1.96. The summed E-state index contributed by atoms with van der Waals surface area (Å²) in [5.41, 5.74) is 0.682. The van der Waals surface area contributed by atoms with E-state index in [1.54, 1.807) is 0 Å². The lowest BCUT2D eigenvalue weighted by molar-refractivity contribution is 0.0670. The van der Waals surface area contributed by atoms with Gasteiger partial charge in [0.25, 0.3) is 0 Å². The Morgan fingerprint density at radius 3 is 2.30 bits per heavy atom. The van der Waals surface area contributed by atoms with Crippen LogP contribution in [0.25, 0.3) is 0 Å². The maximum atomic E-state index is 13.1. The van der Waals surface area contributed by atoms with Crippen LogP contribution in [0.4, 0.5) is 13.6 Å². The molecule has 0 heterocycles. The van der Waals surface area contributed by atoms with E-state index in [1.807, 2.05) is 30.3 Å². The van der Waals surface area contributed by atoms with Crippen molar-refractivity contribution in [1.29, 1.82) is 0 Å². The quantitative estimate of drug-likeness (QED) is 0.859. The van der Waals surface area contributed by atoms with E-state index in [1.165, 1.54) is 6.92 Å². The summed E-state index contributed by atoms with van der Waals surface area (Å²) in [5, 5.41) is 2.50. The number of hydrogen-bond acceptors (Lipinski definition) is 3. The summed E-state index contributed by atoms with van der Waals surface area (Å²) in [6.07, 6.45) is -1.95. The Bertz CT molecular complexity index is 684. The van der Waals surface area contributed by atoms with Gasteiger partial charge in [0.15, 0.2) is 6.10 Å². The lowest BCUT2D eigenvalue weighted by atomic mass is 10.1. The molecule has 0 unspecified atom stereocenters. The van der Waals surface area contributed by atoms with E-state index in [0.29, 0.717) is 6.07 Å². The Kier molecular flexibility index (Phi) is 5.41. The first-order valence-corrected chi connectivity index (χ1v) is 6.94. The molecule has 2 aromatic carbocycles. The fraction of sp³-hybridized carbons (Fsp3) is 0.176. The number of ketones is 1. The van der Waals surface area contributed by atoms with Crippen LogP contribution in [0, 0.1) is 11.6 Å². The molecule has 4 nitrogen and oxygen atoms in total. The third-order valence-electron chi connectivity index (χ3n) is 3.08. The lowest BCUT2D eigenvalue weighted by Gasteiger charge is -2.13. The normalized spacial score (nSPS) is 11.6. The maximum absolute atomic E-state index is 13.1. The average molecular weight is 319 g/mol. The molecule has 0 saturated carbocycles. The van der Waals surface area contributed by atoms with Crippen molar-refractivity contribution in [2.75, 3.05) is 0 Å². The summed E-state index contributed by atoms with van der Waals surface area (Å²) in [6, 6.07) is 11.6. The summed E-state index contributed by atoms with van der Waals surface area (Å²) in [6.45, 7) is 1.59. The highest BCUT2D eigenvalue weighted by Crippen LogP contribution is 2.12. The molecule has 1 amide bonds. The molecule has 1 N–H and O–H groups in total. The molecular weight excluding hydrogens is 304 g/mol. The molecular formula is C17H15F2NO3. The van der Waals surface area contributed by atoms with Gasteiger partial charge in [-0.1, -0.05) is 30.3 Å². The fourth-order valence-electron chi connectivity index (χ4n) is 1.96. The van der Waals surface area contributed by atoms with Crippen molar-refractivity contribution in [3.63, 3.8) is 0 Å². The highest BCUT2D eigenvalue weighted by molar-refractivity contribution is 6.00. The highest BCUT2D eigenvalue weighted by atomic mass is 19.1. The molecule has 2 aromatic rings. The molecule has 0 radical (unpaired) electrons. The van der Waals surface area contributed by atoms with Crippen molar-refractivity contribution >= 4 is 11.9 Å². The molecule has 0 fully saturated rings. The predicted octanol–water partition coefficient (Wildman–Crippen LogP) is 3.46. The van der Waals surface area contributed by atoms with Crippen LogP contribution in [-0.4, -0.2) is 18.0 Å². The number of benzene rings is 2. The van der Waals surface area contributed by atoms with E-state index in [9.17, 15) is 18.4 Å². The lowest BCUT2D eigenvalue weighted by Crippen LogP contribution is -2.31. The van der Waals surface area contributed by atoms with Crippen LogP contribution < -0.4 is 5.32 Å². The van der Waals surface area contributed by atoms with E-state index < -0.39 is 29.6 Å². The summed E-state index contributed by atoms with van der Waals surface area (Å²) in [5.74, 6) is -2.42. The Hall–Kier alpha value is -2.76. The van der Waals surface area contributed by atoms with Crippen LogP contribution in [0.2, 0.25) is 0 Å². The third-order valence-corrected chi connectivity index (χ3v) is 3.08. The Labute approximate surface area is 132 Å². The molecule has 0 aliphatic heterocycles. The first kappa shape index (κ1) is 16.6. The second kappa shape index (κ2) is 7.49. The highest BCUT2D eigenvalue weighted by Gasteiger charge is 2.20. The van der Waals surface area contributed by atoms with E-state index in [4.69, 9.17) is 4.74 Å². The number of hydrogen-bond donors (Lipinski definition) is 1. The van der Waals surface area contributed by atoms with Crippen LogP contribution >= 0.6 is 0 Å². The van der Waals surface area contributed by atoms with Gasteiger partial charge in [-0.2, -0.15) is 0 Å². The van der Waals surface area contributed by atoms with Gasteiger partial charge in [0.05, 0.1) is 0 Å². The van der Waals surface area contributed by atoms with Gasteiger partial charge in [0.1, 0.15) is 11.6 Å². The number of carbonyl (C=O) groups excluding carboxylic acids is 2. The molecule has 1 atom stereocenters. The average Bonchev–Trinajstić information content (AvgIpc) is 2.52. The van der Waals surface area contributed by atoms with Gasteiger partial charge in [-0.25, -0.2) is 13.6 Å². The van der Waals surface area contributed by atoms with Gasteiger partial charge in [0.2, 0.25) is 5.78 Å². The van der Waals surface area contributed by atoms with Crippen molar-refractivity contribution in [3.05, 3.63) is 71.3 Å². The molecule has 0 aromatic heterocycles. The molecule has 120 valence electrons. The second-order valence-corrected chi connectivity index (χ2v) is 4.91. The predicted molar refractivity (Wildman–Crippen MR) is 79.9 cm³/mol. The number of Topliss-reactive ketones (excluding diaryl/α,β-unsaturated/α-hetero) is 1. The summed E-state index contributed by atoms with van der Waals surface area (Å²) in [4.78, 5) is 23.7. The van der Waals surface area contributed by atoms with Crippen molar-refractivity contribution in [2.24, 2.45) is 0 Å². The standard InChI is InChI=1S/C17H15F2NO3/c1-11(16(21)13-7-14(18)9-15(19)8-13)23-17(22)20-10-12-5-3-2-4-6-12/h2-9,11H,10H2,1H3,(H,20,22)/t11-/m0/s1. The second-order valence-electron chi connectivity index (χ2n) is 4.91. The number of nitrogens with one attached hydrogen (secondary N) is 1. The van der Waals surface area contributed by atoms with Crippen LogP contribution in [0.3, 0.4) is 0 Å². The first-order chi connectivity index (χ1) is 11.0.